The van der Waals surface area contributed by atoms with Crippen molar-refractivity contribution < 1.29 is 9.32 Å². The van der Waals surface area contributed by atoms with Crippen molar-refractivity contribution in [1.29, 1.82) is 0 Å². The van der Waals surface area contributed by atoms with Crippen LogP contribution in [-0.2, 0) is 11.3 Å². The van der Waals surface area contributed by atoms with Gasteiger partial charge >= 0.3 is 0 Å². The lowest BCUT2D eigenvalue weighted by Crippen LogP contribution is -2.24. The maximum absolute atomic E-state index is 12.8. The van der Waals surface area contributed by atoms with E-state index in [1.54, 1.807) is 16.7 Å². The van der Waals surface area contributed by atoms with Crippen LogP contribution in [0.25, 0.3) is 10.9 Å². The quantitative estimate of drug-likeness (QED) is 0.453. The minimum atomic E-state index is -0.235. The smallest absolute Gasteiger partial charge is 0.262 e. The average Bonchev–Trinajstić information content (AvgIpc) is 3.14. The molecule has 0 aliphatic rings. The normalized spacial score (nSPS) is 11.3. The van der Waals surface area contributed by atoms with Gasteiger partial charge in [-0.3, -0.25) is 19.5 Å². The number of carbonyl (C=O) groups excluding carboxylic acids is 1. The van der Waals surface area contributed by atoms with Crippen LogP contribution in [0, 0.1) is 0 Å². The van der Waals surface area contributed by atoms with E-state index in [-0.39, 0.29) is 23.1 Å². The molecule has 3 rings (SSSR count). The largest absolute Gasteiger partial charge is 0.338 e. The van der Waals surface area contributed by atoms with Crippen molar-refractivity contribution in [3.63, 3.8) is 0 Å². The van der Waals surface area contributed by atoms with Crippen molar-refractivity contribution in [3.8, 4) is 0 Å². The number of thioether (sulfide) groups is 1. The molecule has 0 saturated carbocycles. The standard InChI is InChI=1S/C20H24N4O3S/c1-4-5-10-24-19(26)14-8-6-7-9-15(14)21-20(24)28-12-17(25)22-18-11-16(13(2)3)23-27-18/h6-9,11,13H,4-5,10,12H2,1-3H3,(H,22,25). The van der Waals surface area contributed by atoms with E-state index in [1.807, 2.05) is 32.0 Å². The van der Waals surface area contributed by atoms with E-state index in [0.29, 0.717) is 28.5 Å². The molecule has 2 heterocycles. The maximum atomic E-state index is 12.8. The molecule has 0 aliphatic heterocycles. The second-order valence-electron chi connectivity index (χ2n) is 6.83. The SMILES string of the molecule is CCCCn1c(SCC(=O)Nc2cc(C(C)C)no2)nc2ccccc2c1=O. The predicted octanol–water partition coefficient (Wildman–Crippen LogP) is 4.04. The van der Waals surface area contributed by atoms with Gasteiger partial charge in [-0.1, -0.05) is 56.2 Å². The van der Waals surface area contributed by atoms with Crippen LogP contribution in [0.15, 0.2) is 44.8 Å². The lowest BCUT2D eigenvalue weighted by Gasteiger charge is -2.12. The van der Waals surface area contributed by atoms with Crippen LogP contribution in [0.2, 0.25) is 0 Å². The molecule has 8 heteroatoms. The fourth-order valence-electron chi connectivity index (χ4n) is 2.69. The number of rotatable bonds is 8. The molecule has 0 saturated heterocycles. The van der Waals surface area contributed by atoms with E-state index in [1.165, 1.54) is 11.8 Å². The van der Waals surface area contributed by atoms with Crippen LogP contribution in [0.4, 0.5) is 5.88 Å². The number of nitrogens with zero attached hydrogens (tertiary/aromatic N) is 3. The summed E-state index contributed by atoms with van der Waals surface area (Å²) >= 11 is 1.24. The van der Waals surface area contributed by atoms with Crippen LogP contribution in [0.3, 0.4) is 0 Å². The van der Waals surface area contributed by atoms with E-state index >= 15 is 0 Å². The van der Waals surface area contributed by atoms with Crippen LogP contribution in [0.5, 0.6) is 0 Å². The zero-order valence-electron chi connectivity index (χ0n) is 16.3. The zero-order valence-corrected chi connectivity index (χ0v) is 17.1. The summed E-state index contributed by atoms with van der Waals surface area (Å²) in [4.78, 5) is 29.8. The molecule has 0 atom stereocenters. The number of hydrogen-bond donors (Lipinski definition) is 1. The summed E-state index contributed by atoms with van der Waals surface area (Å²) in [6, 6.07) is 9.00. The molecule has 0 aliphatic carbocycles. The third kappa shape index (κ3) is 4.62. The highest BCUT2D eigenvalue weighted by Gasteiger charge is 2.15. The molecule has 0 spiro atoms. The van der Waals surface area contributed by atoms with Gasteiger partial charge in [0.25, 0.3) is 5.56 Å². The Kier molecular flexibility index (Phi) is 6.51. The highest BCUT2D eigenvalue weighted by molar-refractivity contribution is 7.99. The number of aromatic nitrogens is 3. The summed E-state index contributed by atoms with van der Waals surface area (Å²) in [6.45, 7) is 6.65. The van der Waals surface area contributed by atoms with Crippen molar-refractivity contribution in [2.75, 3.05) is 11.1 Å². The first kappa shape index (κ1) is 20.1. The number of fused-ring (bicyclic) bond motifs is 1. The molecule has 2 aromatic heterocycles. The van der Waals surface area contributed by atoms with Gasteiger partial charge in [-0.15, -0.1) is 0 Å². The Morgan fingerprint density at radius 1 is 1.32 bits per heavy atom. The van der Waals surface area contributed by atoms with Crippen molar-refractivity contribution in [2.24, 2.45) is 0 Å². The second-order valence-corrected chi connectivity index (χ2v) is 7.77. The molecule has 0 bridgehead atoms. The van der Waals surface area contributed by atoms with Crippen LogP contribution >= 0.6 is 11.8 Å². The molecule has 3 aromatic rings. The number of amides is 1. The van der Waals surface area contributed by atoms with E-state index < -0.39 is 0 Å². The number of hydrogen-bond acceptors (Lipinski definition) is 6. The van der Waals surface area contributed by atoms with E-state index in [0.717, 1.165) is 18.5 Å². The molecular weight excluding hydrogens is 376 g/mol. The highest BCUT2D eigenvalue weighted by atomic mass is 32.2. The van der Waals surface area contributed by atoms with Gasteiger partial charge in [-0.2, -0.15) is 0 Å². The molecule has 0 unspecified atom stereocenters. The fraction of sp³-hybridized carbons (Fsp3) is 0.400. The summed E-state index contributed by atoms with van der Waals surface area (Å²) in [7, 11) is 0. The van der Waals surface area contributed by atoms with E-state index in [9.17, 15) is 9.59 Å². The Bertz CT molecular complexity index is 1030. The van der Waals surface area contributed by atoms with Gasteiger partial charge < -0.3 is 4.52 Å². The summed E-state index contributed by atoms with van der Waals surface area (Å²) < 4.78 is 6.80. The zero-order chi connectivity index (χ0) is 20.1. The van der Waals surface area contributed by atoms with Gasteiger partial charge in [0.1, 0.15) is 0 Å². The first-order valence-corrected chi connectivity index (χ1v) is 10.4. The Morgan fingerprint density at radius 3 is 2.82 bits per heavy atom. The van der Waals surface area contributed by atoms with Gasteiger partial charge in [0.05, 0.1) is 22.3 Å². The summed E-state index contributed by atoms with van der Waals surface area (Å²) in [5.74, 6) is 0.429. The maximum Gasteiger partial charge on any atom is 0.262 e. The number of anilines is 1. The molecule has 1 amide bonds. The predicted molar refractivity (Wildman–Crippen MR) is 111 cm³/mol. The van der Waals surface area contributed by atoms with Crippen molar-refractivity contribution in [2.45, 2.75) is 51.2 Å². The van der Waals surface area contributed by atoms with E-state index in [2.05, 4.69) is 22.4 Å². The van der Waals surface area contributed by atoms with Crippen molar-refractivity contribution in [3.05, 3.63) is 46.4 Å². The first-order chi connectivity index (χ1) is 13.5. The molecule has 0 fully saturated rings. The Hall–Kier alpha value is -2.61. The molecule has 1 aromatic carbocycles. The van der Waals surface area contributed by atoms with Gasteiger partial charge in [0.2, 0.25) is 11.8 Å². The number of nitrogens with one attached hydrogen (secondary N) is 1. The van der Waals surface area contributed by atoms with Crippen LogP contribution < -0.4 is 10.9 Å². The monoisotopic (exact) mass is 400 g/mol. The number of unbranched alkanes of at least 4 members (excludes halogenated alkanes) is 1. The molecule has 148 valence electrons. The minimum Gasteiger partial charge on any atom is -0.338 e. The van der Waals surface area contributed by atoms with Gasteiger partial charge in [-0.05, 0) is 24.5 Å². The van der Waals surface area contributed by atoms with Crippen molar-refractivity contribution in [1.82, 2.24) is 14.7 Å². The molecule has 28 heavy (non-hydrogen) atoms. The van der Waals surface area contributed by atoms with Gasteiger partial charge in [0, 0.05) is 12.6 Å². The average molecular weight is 401 g/mol. The fourth-order valence-corrected chi connectivity index (χ4v) is 3.52. The summed E-state index contributed by atoms with van der Waals surface area (Å²) in [6.07, 6.45) is 1.84. The molecule has 0 radical (unpaired) electrons. The topological polar surface area (TPSA) is 90.0 Å². The number of carbonyl (C=O) groups is 1. The summed E-state index contributed by atoms with van der Waals surface area (Å²) in [5.41, 5.74) is 1.35. The lowest BCUT2D eigenvalue weighted by atomic mass is 10.1. The van der Waals surface area contributed by atoms with Crippen LogP contribution in [0.1, 0.15) is 45.2 Å². The Morgan fingerprint density at radius 2 is 2.11 bits per heavy atom. The van der Waals surface area contributed by atoms with Gasteiger partial charge in [0.15, 0.2) is 5.16 Å². The third-order valence-electron chi connectivity index (χ3n) is 4.28. The highest BCUT2D eigenvalue weighted by Crippen LogP contribution is 2.20. The van der Waals surface area contributed by atoms with E-state index in [4.69, 9.17) is 4.52 Å². The first-order valence-electron chi connectivity index (χ1n) is 9.38. The molecule has 1 N–H and O–H groups in total. The number of benzene rings is 1. The minimum absolute atomic E-state index is 0.0706. The van der Waals surface area contributed by atoms with Gasteiger partial charge in [-0.25, -0.2) is 4.98 Å². The number of para-hydroxylation sites is 1. The van der Waals surface area contributed by atoms with Crippen LogP contribution in [-0.4, -0.2) is 26.4 Å². The Labute approximate surface area is 167 Å². The third-order valence-corrected chi connectivity index (χ3v) is 5.25. The summed E-state index contributed by atoms with van der Waals surface area (Å²) in [5, 5.41) is 7.77. The lowest BCUT2D eigenvalue weighted by molar-refractivity contribution is -0.113. The molecule has 7 nitrogen and oxygen atoms in total. The second kappa shape index (κ2) is 9.05. The van der Waals surface area contributed by atoms with Crippen molar-refractivity contribution >= 4 is 34.5 Å². The Balaban J connectivity index is 1.76. The molecular formula is C20H24N4O3S.